The van der Waals surface area contributed by atoms with Gasteiger partial charge in [-0.3, -0.25) is 0 Å². The number of rotatable bonds is 3. The quantitative estimate of drug-likeness (QED) is 0.772. The fraction of sp³-hybridized carbons (Fsp3) is 1.00. The SMILES string of the molecule is CC12CC3CC(C)(C1)CC(CNC1CCCCC1)(C3)C2. The van der Waals surface area contributed by atoms with Crippen molar-refractivity contribution in [1.82, 2.24) is 5.32 Å². The van der Waals surface area contributed by atoms with Crippen molar-refractivity contribution in [2.45, 2.75) is 90.5 Å². The van der Waals surface area contributed by atoms with Gasteiger partial charge < -0.3 is 5.32 Å². The molecule has 5 rings (SSSR count). The fourth-order valence-corrected chi connectivity index (χ4v) is 7.55. The van der Waals surface area contributed by atoms with Gasteiger partial charge in [-0.1, -0.05) is 33.1 Å². The fourth-order valence-electron chi connectivity index (χ4n) is 7.55. The zero-order chi connectivity index (χ0) is 13.8. The highest BCUT2D eigenvalue weighted by Gasteiger charge is 2.59. The monoisotopic (exact) mass is 275 g/mol. The highest BCUT2D eigenvalue weighted by atomic mass is 14.9. The van der Waals surface area contributed by atoms with Gasteiger partial charge in [-0.25, -0.2) is 0 Å². The van der Waals surface area contributed by atoms with Crippen molar-refractivity contribution in [2.75, 3.05) is 6.54 Å². The van der Waals surface area contributed by atoms with Crippen LogP contribution in [0.25, 0.3) is 0 Å². The summed E-state index contributed by atoms with van der Waals surface area (Å²) >= 11 is 0. The maximum Gasteiger partial charge on any atom is 0.00672 e. The average molecular weight is 275 g/mol. The van der Waals surface area contributed by atoms with Crippen LogP contribution in [0.5, 0.6) is 0 Å². The molecule has 0 spiro atoms. The van der Waals surface area contributed by atoms with Crippen LogP contribution < -0.4 is 5.32 Å². The van der Waals surface area contributed by atoms with Crippen molar-refractivity contribution in [3.63, 3.8) is 0 Å². The summed E-state index contributed by atoms with van der Waals surface area (Å²) in [6.07, 6.45) is 16.4. The first-order valence-electron chi connectivity index (χ1n) is 9.22. The molecule has 0 saturated heterocycles. The van der Waals surface area contributed by atoms with E-state index in [0.29, 0.717) is 16.2 Å². The summed E-state index contributed by atoms with van der Waals surface area (Å²) in [6.45, 7) is 6.54. The highest BCUT2D eigenvalue weighted by molar-refractivity contribution is 5.11. The zero-order valence-corrected chi connectivity index (χ0v) is 13.6. The Balaban J connectivity index is 1.46. The normalized spacial score (nSPS) is 51.6. The van der Waals surface area contributed by atoms with E-state index in [1.54, 1.807) is 0 Å². The van der Waals surface area contributed by atoms with Gasteiger partial charge in [0.15, 0.2) is 0 Å². The van der Waals surface area contributed by atoms with Crippen LogP contribution in [0.3, 0.4) is 0 Å². The van der Waals surface area contributed by atoms with E-state index in [1.165, 1.54) is 77.2 Å². The van der Waals surface area contributed by atoms with Gasteiger partial charge in [-0.2, -0.15) is 0 Å². The standard InChI is InChI=1S/C19H33N/c1-17-8-15-9-18(2,11-17)13-19(10-15,12-17)14-20-16-6-4-3-5-7-16/h15-16,20H,3-14H2,1-2H3. The molecule has 0 aromatic heterocycles. The minimum atomic E-state index is 0.667. The van der Waals surface area contributed by atoms with Crippen LogP contribution in [-0.4, -0.2) is 12.6 Å². The van der Waals surface area contributed by atoms with Gasteiger partial charge in [0.25, 0.3) is 0 Å². The molecule has 4 bridgehead atoms. The first-order valence-corrected chi connectivity index (χ1v) is 9.22. The molecule has 0 radical (unpaired) electrons. The summed E-state index contributed by atoms with van der Waals surface area (Å²) in [5.74, 6) is 1.05. The molecular formula is C19H33N. The van der Waals surface area contributed by atoms with E-state index in [2.05, 4.69) is 19.2 Å². The van der Waals surface area contributed by atoms with Gasteiger partial charge in [0.1, 0.15) is 0 Å². The minimum Gasteiger partial charge on any atom is -0.313 e. The van der Waals surface area contributed by atoms with Crippen molar-refractivity contribution in [3.05, 3.63) is 0 Å². The molecule has 1 N–H and O–H groups in total. The Morgan fingerprint density at radius 2 is 1.50 bits per heavy atom. The molecule has 114 valence electrons. The van der Waals surface area contributed by atoms with Crippen molar-refractivity contribution in [3.8, 4) is 0 Å². The lowest BCUT2D eigenvalue weighted by atomic mass is 9.40. The van der Waals surface area contributed by atoms with E-state index >= 15 is 0 Å². The summed E-state index contributed by atoms with van der Waals surface area (Å²) in [5, 5.41) is 4.01. The Kier molecular flexibility index (Phi) is 3.05. The Bertz CT molecular complexity index is 363. The first-order chi connectivity index (χ1) is 9.49. The van der Waals surface area contributed by atoms with Gasteiger partial charge >= 0.3 is 0 Å². The first kappa shape index (κ1) is 13.6. The second kappa shape index (κ2) is 4.48. The van der Waals surface area contributed by atoms with Gasteiger partial charge in [0.05, 0.1) is 0 Å². The van der Waals surface area contributed by atoms with Crippen molar-refractivity contribution >= 4 is 0 Å². The summed E-state index contributed by atoms with van der Waals surface area (Å²) in [5.41, 5.74) is 2.03. The van der Waals surface area contributed by atoms with Crippen LogP contribution >= 0.6 is 0 Å². The lowest BCUT2D eigenvalue weighted by molar-refractivity contribution is -0.143. The summed E-state index contributed by atoms with van der Waals surface area (Å²) < 4.78 is 0. The van der Waals surface area contributed by atoms with Crippen LogP contribution in [0, 0.1) is 22.2 Å². The second-order valence-electron chi connectivity index (χ2n) is 9.85. The molecule has 5 fully saturated rings. The third-order valence-corrected chi connectivity index (χ3v) is 7.11. The Hall–Kier alpha value is -0.0400. The van der Waals surface area contributed by atoms with Gasteiger partial charge in [-0.15, -0.1) is 0 Å². The lowest BCUT2D eigenvalue weighted by Gasteiger charge is -2.65. The predicted molar refractivity (Wildman–Crippen MR) is 84.7 cm³/mol. The summed E-state index contributed by atoms with van der Waals surface area (Å²) in [4.78, 5) is 0. The molecular weight excluding hydrogens is 242 g/mol. The molecule has 0 amide bonds. The third-order valence-electron chi connectivity index (χ3n) is 7.11. The Labute approximate surface area is 125 Å². The van der Waals surface area contributed by atoms with E-state index in [4.69, 9.17) is 0 Å². The van der Waals surface area contributed by atoms with E-state index in [1.807, 2.05) is 0 Å². The maximum absolute atomic E-state index is 4.01. The number of hydrogen-bond donors (Lipinski definition) is 1. The van der Waals surface area contributed by atoms with Gasteiger partial charge in [-0.05, 0) is 73.5 Å². The number of hydrogen-bond acceptors (Lipinski definition) is 1. The van der Waals surface area contributed by atoms with E-state index in [0.717, 1.165) is 12.0 Å². The van der Waals surface area contributed by atoms with Gasteiger partial charge in [0, 0.05) is 12.6 Å². The molecule has 2 unspecified atom stereocenters. The minimum absolute atomic E-state index is 0.667. The smallest absolute Gasteiger partial charge is 0.00672 e. The van der Waals surface area contributed by atoms with Crippen LogP contribution in [0.1, 0.15) is 84.5 Å². The van der Waals surface area contributed by atoms with E-state index in [9.17, 15) is 0 Å². The molecule has 1 heteroatoms. The third kappa shape index (κ3) is 2.34. The van der Waals surface area contributed by atoms with Crippen LogP contribution in [0.4, 0.5) is 0 Å². The second-order valence-corrected chi connectivity index (χ2v) is 9.85. The van der Waals surface area contributed by atoms with Crippen molar-refractivity contribution < 1.29 is 0 Å². The topological polar surface area (TPSA) is 12.0 Å². The zero-order valence-electron chi connectivity index (χ0n) is 13.6. The Morgan fingerprint density at radius 3 is 2.10 bits per heavy atom. The molecule has 2 atom stereocenters. The van der Waals surface area contributed by atoms with Gasteiger partial charge in [0.2, 0.25) is 0 Å². The average Bonchev–Trinajstić information content (AvgIpc) is 2.33. The molecule has 0 aromatic rings. The molecule has 0 heterocycles. The maximum atomic E-state index is 4.01. The molecule has 1 nitrogen and oxygen atoms in total. The van der Waals surface area contributed by atoms with Crippen LogP contribution in [0.15, 0.2) is 0 Å². The van der Waals surface area contributed by atoms with Crippen molar-refractivity contribution in [2.24, 2.45) is 22.2 Å². The lowest BCUT2D eigenvalue weighted by Crippen LogP contribution is -2.58. The highest BCUT2D eigenvalue weighted by Crippen LogP contribution is 2.69. The molecule has 5 saturated carbocycles. The molecule has 5 aliphatic rings. The molecule has 0 aliphatic heterocycles. The summed E-state index contributed by atoms with van der Waals surface area (Å²) in [7, 11) is 0. The van der Waals surface area contributed by atoms with Crippen LogP contribution in [-0.2, 0) is 0 Å². The largest absolute Gasteiger partial charge is 0.313 e. The van der Waals surface area contributed by atoms with Crippen molar-refractivity contribution in [1.29, 1.82) is 0 Å². The van der Waals surface area contributed by atoms with E-state index in [-0.39, 0.29) is 0 Å². The Morgan fingerprint density at radius 1 is 0.850 bits per heavy atom. The van der Waals surface area contributed by atoms with Crippen LogP contribution in [0.2, 0.25) is 0 Å². The predicted octanol–water partition coefficient (Wildman–Crippen LogP) is 4.91. The van der Waals surface area contributed by atoms with E-state index < -0.39 is 0 Å². The molecule has 0 aromatic carbocycles. The summed E-state index contributed by atoms with van der Waals surface area (Å²) in [6, 6.07) is 0.845. The number of nitrogens with one attached hydrogen (secondary N) is 1. The molecule has 5 aliphatic carbocycles. The molecule has 20 heavy (non-hydrogen) atoms.